The highest BCUT2D eigenvalue weighted by Crippen LogP contribution is 2.17. The van der Waals surface area contributed by atoms with Crippen molar-refractivity contribution in [1.29, 1.82) is 0 Å². The van der Waals surface area contributed by atoms with Crippen LogP contribution in [-0.4, -0.2) is 87.4 Å². The van der Waals surface area contributed by atoms with Gasteiger partial charge in [0, 0.05) is 12.8 Å². The molecule has 396 valence electrons. The van der Waals surface area contributed by atoms with Crippen LogP contribution in [0.1, 0.15) is 284 Å². The fourth-order valence-corrected chi connectivity index (χ4v) is 8.54. The first-order valence-electron chi connectivity index (χ1n) is 28.9. The standard InChI is InChI=1S/C58H111NO8/c1-6-8-10-12-14-16-18-20-22-24-25-26-27-28-29-30-31-33-35-37-39-41-43-45-47-49-56(61)67-54(53-66-58(57(62)63)64-51-50-59(3,4)5)52-65-55(60)48-46-44-42-40-38-36-34-32-23-21-19-17-15-13-11-9-7-2/h24-25,54,58H,6-23,26-53H2,1-5H3/p+1/b25-24-. The van der Waals surface area contributed by atoms with Crippen molar-refractivity contribution in [2.24, 2.45) is 0 Å². The Morgan fingerprint density at radius 1 is 0.433 bits per heavy atom. The normalized spacial score (nSPS) is 12.8. The molecular formula is C58H112NO8+. The first kappa shape index (κ1) is 65.0. The minimum Gasteiger partial charge on any atom is -0.477 e. The Morgan fingerprint density at radius 2 is 0.761 bits per heavy atom. The molecule has 0 aliphatic rings. The van der Waals surface area contributed by atoms with E-state index in [0.29, 0.717) is 17.4 Å². The summed E-state index contributed by atoms with van der Waals surface area (Å²) in [6.07, 6.45) is 54.3. The van der Waals surface area contributed by atoms with E-state index < -0.39 is 18.4 Å². The molecule has 2 atom stereocenters. The third-order valence-corrected chi connectivity index (χ3v) is 13.0. The maximum atomic E-state index is 12.9. The minimum atomic E-state index is -1.50. The van der Waals surface area contributed by atoms with Crippen LogP contribution in [-0.2, 0) is 33.3 Å². The maximum Gasteiger partial charge on any atom is 0.361 e. The number of hydrogen-bond acceptors (Lipinski definition) is 7. The van der Waals surface area contributed by atoms with Gasteiger partial charge in [0.05, 0.1) is 34.4 Å². The van der Waals surface area contributed by atoms with Crippen LogP contribution in [0.3, 0.4) is 0 Å². The van der Waals surface area contributed by atoms with Crippen molar-refractivity contribution >= 4 is 17.9 Å². The number of aliphatic carboxylic acids is 1. The van der Waals surface area contributed by atoms with Crippen molar-refractivity contribution in [2.45, 2.75) is 296 Å². The molecule has 0 fully saturated rings. The number of likely N-dealkylation sites (N-methyl/N-ethyl adjacent to an activating group) is 1. The van der Waals surface area contributed by atoms with E-state index in [9.17, 15) is 19.5 Å². The second-order valence-electron chi connectivity index (χ2n) is 21.0. The van der Waals surface area contributed by atoms with Crippen LogP contribution in [0.5, 0.6) is 0 Å². The molecule has 0 spiro atoms. The summed E-state index contributed by atoms with van der Waals surface area (Å²) in [5.74, 6) is -1.98. The van der Waals surface area contributed by atoms with Gasteiger partial charge in [-0.25, -0.2) is 4.79 Å². The van der Waals surface area contributed by atoms with Crippen LogP contribution in [0, 0.1) is 0 Å². The van der Waals surface area contributed by atoms with Gasteiger partial charge in [0.15, 0.2) is 6.10 Å². The molecule has 0 saturated heterocycles. The number of esters is 2. The molecule has 0 aliphatic carbocycles. The van der Waals surface area contributed by atoms with E-state index in [2.05, 4.69) is 26.0 Å². The lowest BCUT2D eigenvalue weighted by atomic mass is 10.0. The highest BCUT2D eigenvalue weighted by atomic mass is 16.7. The fraction of sp³-hybridized carbons (Fsp3) is 0.914. The largest absolute Gasteiger partial charge is 0.477 e. The summed E-state index contributed by atoms with van der Waals surface area (Å²) in [5, 5.41) is 9.69. The molecule has 0 bridgehead atoms. The topological polar surface area (TPSA) is 108 Å². The Labute approximate surface area is 415 Å². The third-order valence-electron chi connectivity index (χ3n) is 13.0. The van der Waals surface area contributed by atoms with Crippen LogP contribution in [0.15, 0.2) is 12.2 Å². The second kappa shape index (κ2) is 50.4. The van der Waals surface area contributed by atoms with Crippen LogP contribution >= 0.6 is 0 Å². The van der Waals surface area contributed by atoms with E-state index in [1.807, 2.05) is 21.1 Å². The summed E-state index contributed by atoms with van der Waals surface area (Å²) in [4.78, 5) is 37.4. The molecule has 0 aromatic carbocycles. The predicted octanol–water partition coefficient (Wildman–Crippen LogP) is 16.6. The van der Waals surface area contributed by atoms with Gasteiger partial charge in [-0.1, -0.05) is 244 Å². The number of unbranched alkanes of at least 4 members (excludes halogenated alkanes) is 37. The molecule has 67 heavy (non-hydrogen) atoms. The number of rotatable bonds is 54. The molecule has 0 aromatic rings. The van der Waals surface area contributed by atoms with Crippen LogP contribution in [0.4, 0.5) is 0 Å². The van der Waals surface area contributed by atoms with Crippen molar-refractivity contribution in [2.75, 3.05) is 47.5 Å². The van der Waals surface area contributed by atoms with E-state index in [4.69, 9.17) is 18.9 Å². The molecule has 0 radical (unpaired) electrons. The lowest BCUT2D eigenvalue weighted by molar-refractivity contribution is -0.870. The molecule has 0 heterocycles. The van der Waals surface area contributed by atoms with Gasteiger partial charge in [-0.05, 0) is 38.5 Å². The summed E-state index contributed by atoms with van der Waals surface area (Å²) in [6, 6.07) is 0. The van der Waals surface area contributed by atoms with E-state index >= 15 is 0 Å². The average Bonchev–Trinajstić information content (AvgIpc) is 3.29. The molecule has 0 aromatic heterocycles. The van der Waals surface area contributed by atoms with Gasteiger partial charge in [0.25, 0.3) is 6.29 Å². The number of carboxylic acids is 1. The molecule has 9 nitrogen and oxygen atoms in total. The fourth-order valence-electron chi connectivity index (χ4n) is 8.54. The highest BCUT2D eigenvalue weighted by molar-refractivity contribution is 5.71. The van der Waals surface area contributed by atoms with E-state index in [1.54, 1.807) is 0 Å². The van der Waals surface area contributed by atoms with E-state index in [0.717, 1.165) is 38.5 Å². The van der Waals surface area contributed by atoms with Gasteiger partial charge >= 0.3 is 17.9 Å². The Kier molecular flexibility index (Phi) is 48.9. The number of allylic oxidation sites excluding steroid dienone is 2. The first-order chi connectivity index (χ1) is 32.6. The molecule has 9 heteroatoms. The zero-order valence-electron chi connectivity index (χ0n) is 45.1. The second-order valence-corrected chi connectivity index (χ2v) is 21.0. The van der Waals surface area contributed by atoms with Gasteiger partial charge in [-0.3, -0.25) is 9.59 Å². The van der Waals surface area contributed by atoms with Gasteiger partial charge in [0.1, 0.15) is 13.2 Å². The SMILES string of the molecule is CCCCCCCCCC/C=C\CCCCCCCCCCCCCCCC(=O)OC(COC(=O)CCCCCCCCCCCCCCCCCCC)COC(OCC[N+](C)(C)C)C(=O)O. The molecule has 0 aliphatic heterocycles. The lowest BCUT2D eigenvalue weighted by Crippen LogP contribution is -2.40. The van der Waals surface area contributed by atoms with Gasteiger partial charge in [-0.2, -0.15) is 0 Å². The Morgan fingerprint density at radius 3 is 1.10 bits per heavy atom. The average molecular weight is 952 g/mol. The number of quaternary nitrogens is 1. The highest BCUT2D eigenvalue weighted by Gasteiger charge is 2.25. The predicted molar refractivity (Wildman–Crippen MR) is 281 cm³/mol. The quantitative estimate of drug-likeness (QED) is 0.0211. The first-order valence-corrected chi connectivity index (χ1v) is 28.9. The van der Waals surface area contributed by atoms with Crippen LogP contribution in [0.2, 0.25) is 0 Å². The Hall–Kier alpha value is -1.97. The van der Waals surface area contributed by atoms with Crippen LogP contribution < -0.4 is 0 Å². The number of carboxylic acid groups (broad SMARTS) is 1. The van der Waals surface area contributed by atoms with E-state index in [1.165, 1.54) is 218 Å². The van der Waals surface area contributed by atoms with Crippen molar-refractivity contribution in [3.8, 4) is 0 Å². The molecule has 0 saturated carbocycles. The summed E-state index contributed by atoms with van der Waals surface area (Å²) in [7, 11) is 5.98. The lowest BCUT2D eigenvalue weighted by Gasteiger charge is -2.25. The summed E-state index contributed by atoms with van der Waals surface area (Å²) in [5.41, 5.74) is 0. The zero-order chi connectivity index (χ0) is 49.2. The van der Waals surface area contributed by atoms with Crippen molar-refractivity contribution in [1.82, 2.24) is 0 Å². The molecule has 2 unspecified atom stereocenters. The zero-order valence-corrected chi connectivity index (χ0v) is 45.1. The molecule has 1 N–H and O–H groups in total. The summed E-state index contributed by atoms with van der Waals surface area (Å²) in [6.45, 7) is 4.93. The van der Waals surface area contributed by atoms with E-state index in [-0.39, 0.29) is 38.2 Å². The molecular weight excluding hydrogens is 839 g/mol. The van der Waals surface area contributed by atoms with Gasteiger partial charge in [0.2, 0.25) is 0 Å². The van der Waals surface area contributed by atoms with Gasteiger partial charge < -0.3 is 28.5 Å². The van der Waals surface area contributed by atoms with Crippen molar-refractivity contribution in [3.05, 3.63) is 12.2 Å². The third kappa shape index (κ3) is 51.7. The number of hydrogen-bond donors (Lipinski definition) is 1. The molecule has 0 amide bonds. The number of carbonyl (C=O) groups is 3. The number of carbonyl (C=O) groups excluding carboxylic acids is 2. The smallest absolute Gasteiger partial charge is 0.361 e. The van der Waals surface area contributed by atoms with Crippen molar-refractivity contribution < 1.29 is 42.9 Å². The summed E-state index contributed by atoms with van der Waals surface area (Å²) >= 11 is 0. The molecule has 0 rings (SSSR count). The Bertz CT molecular complexity index is 1110. The van der Waals surface area contributed by atoms with Gasteiger partial charge in [-0.15, -0.1) is 0 Å². The Balaban J connectivity index is 4.19. The number of nitrogens with zero attached hydrogens (tertiary/aromatic N) is 1. The summed E-state index contributed by atoms with van der Waals surface area (Å²) < 4.78 is 22.9. The van der Waals surface area contributed by atoms with Crippen molar-refractivity contribution in [3.63, 3.8) is 0 Å². The number of ether oxygens (including phenoxy) is 4. The maximum absolute atomic E-state index is 12.9. The monoisotopic (exact) mass is 951 g/mol. The van der Waals surface area contributed by atoms with Crippen LogP contribution in [0.25, 0.3) is 0 Å². The minimum absolute atomic E-state index is 0.175.